The molecule has 2 aromatic rings. The molecular weight excluding hydrogens is 300 g/mol. The number of ether oxygens (including phenoxy) is 1. The van der Waals surface area contributed by atoms with Gasteiger partial charge in [0.25, 0.3) is 0 Å². The van der Waals surface area contributed by atoms with Gasteiger partial charge >= 0.3 is 5.69 Å². The van der Waals surface area contributed by atoms with Crippen molar-refractivity contribution in [2.75, 3.05) is 12.4 Å². The molecule has 0 aliphatic carbocycles. The minimum atomic E-state index is -0.676. The lowest BCUT2D eigenvalue weighted by Gasteiger charge is -2.14. The van der Waals surface area contributed by atoms with Crippen LogP contribution in [0.4, 0.5) is 11.4 Å². The van der Waals surface area contributed by atoms with E-state index in [-0.39, 0.29) is 17.3 Å². The van der Waals surface area contributed by atoms with Crippen LogP contribution in [0.1, 0.15) is 24.4 Å². The van der Waals surface area contributed by atoms with Gasteiger partial charge < -0.3 is 10.1 Å². The Morgan fingerprint density at radius 3 is 2.43 bits per heavy atom. The zero-order chi connectivity index (χ0) is 17.1. The number of hydrogen-bond donors (Lipinski definition) is 1. The number of aromatic nitrogens is 2. The molecule has 0 saturated carbocycles. The number of carbonyl (C=O) groups excluding carboxylic acids is 1. The van der Waals surface area contributed by atoms with Gasteiger partial charge in [-0.25, -0.2) is 0 Å². The predicted molar refractivity (Wildman–Crippen MR) is 84.7 cm³/mol. The lowest BCUT2D eigenvalue weighted by atomic mass is 10.2. The van der Waals surface area contributed by atoms with Crippen LogP contribution in [0.2, 0.25) is 0 Å². The van der Waals surface area contributed by atoms with Crippen LogP contribution in [0.5, 0.6) is 5.75 Å². The van der Waals surface area contributed by atoms with E-state index in [0.717, 1.165) is 0 Å². The maximum atomic E-state index is 12.3. The number of amides is 1. The molecule has 1 heterocycles. The largest absolute Gasteiger partial charge is 0.497 e. The van der Waals surface area contributed by atoms with E-state index in [1.54, 1.807) is 52.1 Å². The van der Waals surface area contributed by atoms with E-state index in [4.69, 9.17) is 4.74 Å². The van der Waals surface area contributed by atoms with Crippen LogP contribution in [-0.2, 0) is 4.79 Å². The van der Waals surface area contributed by atoms with Gasteiger partial charge in [0, 0.05) is 5.69 Å². The van der Waals surface area contributed by atoms with Crippen molar-refractivity contribution < 1.29 is 14.5 Å². The molecule has 1 N–H and O–H groups in total. The Balaban J connectivity index is 2.19. The molecule has 1 aromatic carbocycles. The molecule has 0 fully saturated rings. The molecule has 1 amide bonds. The maximum absolute atomic E-state index is 12.3. The predicted octanol–water partition coefficient (Wildman–Crippen LogP) is 2.62. The van der Waals surface area contributed by atoms with Gasteiger partial charge in [-0.1, -0.05) is 0 Å². The summed E-state index contributed by atoms with van der Waals surface area (Å²) in [5.41, 5.74) is 1.19. The first-order chi connectivity index (χ1) is 10.8. The number of anilines is 1. The smallest absolute Gasteiger partial charge is 0.312 e. The second-order valence-electron chi connectivity index (χ2n) is 5.11. The Bertz CT molecular complexity index is 737. The highest BCUT2D eigenvalue weighted by Crippen LogP contribution is 2.25. The molecule has 0 saturated heterocycles. The zero-order valence-electron chi connectivity index (χ0n) is 13.4. The van der Waals surface area contributed by atoms with Crippen LogP contribution in [0.15, 0.2) is 24.3 Å². The molecular formula is C15H18N4O4. The Kier molecular flexibility index (Phi) is 4.63. The summed E-state index contributed by atoms with van der Waals surface area (Å²) in [7, 11) is 1.56. The van der Waals surface area contributed by atoms with Crippen molar-refractivity contribution in [1.82, 2.24) is 9.78 Å². The number of benzene rings is 1. The summed E-state index contributed by atoms with van der Waals surface area (Å²) >= 11 is 0. The van der Waals surface area contributed by atoms with Crippen LogP contribution in [0.3, 0.4) is 0 Å². The van der Waals surface area contributed by atoms with E-state index < -0.39 is 11.0 Å². The third-order valence-corrected chi connectivity index (χ3v) is 3.57. The molecule has 1 aromatic heterocycles. The lowest BCUT2D eigenvalue weighted by molar-refractivity contribution is -0.386. The second kappa shape index (κ2) is 6.47. The molecule has 122 valence electrons. The molecule has 0 spiro atoms. The summed E-state index contributed by atoms with van der Waals surface area (Å²) in [6, 6.07) is 6.22. The number of hydrogen-bond acceptors (Lipinski definition) is 5. The number of aryl methyl sites for hydroxylation is 1. The first kappa shape index (κ1) is 16.5. The Morgan fingerprint density at radius 2 is 1.96 bits per heavy atom. The van der Waals surface area contributed by atoms with Crippen molar-refractivity contribution >= 4 is 17.3 Å². The molecule has 0 radical (unpaired) electrons. The van der Waals surface area contributed by atoms with E-state index in [1.165, 1.54) is 4.68 Å². The van der Waals surface area contributed by atoms with Crippen molar-refractivity contribution in [1.29, 1.82) is 0 Å². The number of nitro groups is 1. The molecule has 0 bridgehead atoms. The van der Waals surface area contributed by atoms with E-state index in [2.05, 4.69) is 10.4 Å². The zero-order valence-corrected chi connectivity index (χ0v) is 13.4. The SMILES string of the molecule is COc1ccc(NC(=O)C(C)n2nc(C)c([N+](=O)[O-])c2C)cc1. The molecule has 1 atom stereocenters. The lowest BCUT2D eigenvalue weighted by Crippen LogP contribution is -2.25. The highest BCUT2D eigenvalue weighted by molar-refractivity contribution is 5.93. The third kappa shape index (κ3) is 3.31. The fourth-order valence-electron chi connectivity index (χ4n) is 2.33. The molecule has 2 rings (SSSR count). The van der Waals surface area contributed by atoms with Gasteiger partial charge in [0.2, 0.25) is 5.91 Å². The van der Waals surface area contributed by atoms with Crippen LogP contribution >= 0.6 is 0 Å². The summed E-state index contributed by atoms with van der Waals surface area (Å²) in [5, 5.41) is 17.9. The molecule has 23 heavy (non-hydrogen) atoms. The van der Waals surface area contributed by atoms with Crippen LogP contribution in [0, 0.1) is 24.0 Å². The van der Waals surface area contributed by atoms with E-state index >= 15 is 0 Å². The second-order valence-corrected chi connectivity index (χ2v) is 5.11. The average molecular weight is 318 g/mol. The van der Waals surface area contributed by atoms with Gasteiger partial charge in [-0.2, -0.15) is 5.10 Å². The van der Waals surface area contributed by atoms with Crippen LogP contribution in [0.25, 0.3) is 0 Å². The van der Waals surface area contributed by atoms with Crippen molar-refractivity contribution in [3.05, 3.63) is 45.8 Å². The first-order valence-electron chi connectivity index (χ1n) is 7.00. The van der Waals surface area contributed by atoms with Gasteiger partial charge in [0.1, 0.15) is 23.2 Å². The number of nitrogens with one attached hydrogen (secondary N) is 1. The van der Waals surface area contributed by atoms with E-state index in [0.29, 0.717) is 17.1 Å². The maximum Gasteiger partial charge on any atom is 0.312 e. The molecule has 8 nitrogen and oxygen atoms in total. The minimum absolute atomic E-state index is 0.0610. The van der Waals surface area contributed by atoms with Crippen molar-refractivity contribution in [2.45, 2.75) is 26.8 Å². The Morgan fingerprint density at radius 1 is 1.35 bits per heavy atom. The van der Waals surface area contributed by atoms with Crippen LogP contribution < -0.4 is 10.1 Å². The molecule has 0 aliphatic rings. The van der Waals surface area contributed by atoms with E-state index in [1.807, 2.05) is 0 Å². The van der Waals surface area contributed by atoms with E-state index in [9.17, 15) is 14.9 Å². The van der Waals surface area contributed by atoms with Gasteiger partial charge in [-0.3, -0.25) is 19.6 Å². The summed E-state index contributed by atoms with van der Waals surface area (Å²) in [6.45, 7) is 4.77. The highest BCUT2D eigenvalue weighted by Gasteiger charge is 2.27. The monoisotopic (exact) mass is 318 g/mol. The van der Waals surface area contributed by atoms with Gasteiger partial charge in [0.05, 0.1) is 12.0 Å². The normalized spacial score (nSPS) is 11.8. The first-order valence-corrected chi connectivity index (χ1v) is 7.00. The Hall–Kier alpha value is -2.90. The van der Waals surface area contributed by atoms with Gasteiger partial charge in [-0.05, 0) is 45.0 Å². The standard InChI is InChI=1S/C15H18N4O4/c1-9-14(19(21)22)10(2)18(17-9)11(3)15(20)16-12-5-7-13(23-4)8-6-12/h5-8,11H,1-4H3,(H,16,20). The van der Waals surface area contributed by atoms with Crippen LogP contribution in [-0.4, -0.2) is 27.7 Å². The fraction of sp³-hybridized carbons (Fsp3) is 0.333. The number of rotatable bonds is 5. The molecule has 8 heteroatoms. The van der Waals surface area contributed by atoms with Crippen molar-refractivity contribution in [3.63, 3.8) is 0 Å². The van der Waals surface area contributed by atoms with Crippen molar-refractivity contribution in [2.24, 2.45) is 0 Å². The van der Waals surface area contributed by atoms with Gasteiger partial charge in [-0.15, -0.1) is 0 Å². The fourth-order valence-corrected chi connectivity index (χ4v) is 2.33. The van der Waals surface area contributed by atoms with Crippen molar-refractivity contribution in [3.8, 4) is 5.75 Å². The van der Waals surface area contributed by atoms with Gasteiger partial charge in [0.15, 0.2) is 0 Å². The quantitative estimate of drug-likeness (QED) is 0.675. The average Bonchev–Trinajstić information content (AvgIpc) is 2.82. The topological polar surface area (TPSA) is 99.3 Å². The molecule has 0 aliphatic heterocycles. The number of methoxy groups -OCH3 is 1. The highest BCUT2D eigenvalue weighted by atomic mass is 16.6. The number of carbonyl (C=O) groups is 1. The Labute approximate surface area is 133 Å². The minimum Gasteiger partial charge on any atom is -0.497 e. The third-order valence-electron chi connectivity index (χ3n) is 3.57. The summed E-state index contributed by atoms with van der Waals surface area (Å²) < 4.78 is 6.42. The summed E-state index contributed by atoms with van der Waals surface area (Å²) in [5.74, 6) is 0.376. The molecule has 1 unspecified atom stereocenters. The number of nitrogens with zero attached hydrogens (tertiary/aromatic N) is 3. The summed E-state index contributed by atoms with van der Waals surface area (Å²) in [4.78, 5) is 22.9. The summed E-state index contributed by atoms with van der Waals surface area (Å²) in [6.07, 6.45) is 0.